The van der Waals surface area contributed by atoms with Crippen LogP contribution in [0.2, 0.25) is 0 Å². The van der Waals surface area contributed by atoms with Gasteiger partial charge < -0.3 is 5.32 Å². The largest absolute Gasteiger partial charge is 0.306 e. The Labute approximate surface area is 98.6 Å². The van der Waals surface area contributed by atoms with E-state index in [-0.39, 0.29) is 0 Å². The van der Waals surface area contributed by atoms with E-state index in [0.717, 1.165) is 24.4 Å². The Morgan fingerprint density at radius 2 is 2.06 bits per heavy atom. The minimum absolute atomic E-state index is 0.703. The summed E-state index contributed by atoms with van der Waals surface area (Å²) in [5.74, 6) is 0. The fraction of sp³-hybridized carbons (Fsp3) is 0.455. The zero-order valence-electron chi connectivity index (χ0n) is 9.49. The second kappa shape index (κ2) is 5.23. The van der Waals surface area contributed by atoms with E-state index >= 15 is 0 Å². The minimum atomic E-state index is 0.703. The van der Waals surface area contributed by atoms with Crippen molar-refractivity contribution in [3.05, 3.63) is 33.3 Å². The number of nitrogens with one attached hydrogen (secondary N) is 1. The SMILES string of the molecule is CCc1ccc(CNCc2nonc2C)s1. The molecule has 2 aromatic rings. The van der Waals surface area contributed by atoms with Crippen LogP contribution in [0.4, 0.5) is 0 Å². The molecule has 0 aromatic carbocycles. The maximum absolute atomic E-state index is 4.63. The van der Waals surface area contributed by atoms with E-state index in [1.807, 2.05) is 18.3 Å². The minimum Gasteiger partial charge on any atom is -0.306 e. The summed E-state index contributed by atoms with van der Waals surface area (Å²) in [6, 6.07) is 4.36. The third-order valence-corrected chi connectivity index (χ3v) is 3.63. The van der Waals surface area contributed by atoms with Crippen molar-refractivity contribution >= 4 is 11.3 Å². The maximum Gasteiger partial charge on any atom is 0.121 e. The normalized spacial score (nSPS) is 10.9. The lowest BCUT2D eigenvalue weighted by Gasteiger charge is -1.99. The lowest BCUT2D eigenvalue weighted by molar-refractivity contribution is 0.300. The van der Waals surface area contributed by atoms with Crippen LogP contribution in [0.15, 0.2) is 16.8 Å². The highest BCUT2D eigenvalue weighted by Gasteiger charge is 2.04. The van der Waals surface area contributed by atoms with Gasteiger partial charge in [-0.1, -0.05) is 17.2 Å². The second-order valence-electron chi connectivity index (χ2n) is 3.62. The summed E-state index contributed by atoms with van der Waals surface area (Å²) in [6.45, 7) is 5.65. The zero-order valence-corrected chi connectivity index (χ0v) is 10.3. The molecule has 1 N–H and O–H groups in total. The molecule has 0 atom stereocenters. The van der Waals surface area contributed by atoms with Crippen molar-refractivity contribution in [2.75, 3.05) is 0 Å². The highest BCUT2D eigenvalue weighted by atomic mass is 32.1. The van der Waals surface area contributed by atoms with Crippen molar-refractivity contribution in [1.29, 1.82) is 0 Å². The molecule has 5 heteroatoms. The van der Waals surface area contributed by atoms with Crippen molar-refractivity contribution in [2.24, 2.45) is 0 Å². The molecule has 86 valence electrons. The van der Waals surface area contributed by atoms with Gasteiger partial charge in [0.05, 0.1) is 0 Å². The first-order valence-electron chi connectivity index (χ1n) is 5.36. The average molecular weight is 237 g/mol. The van der Waals surface area contributed by atoms with Crippen molar-refractivity contribution in [1.82, 2.24) is 15.6 Å². The molecule has 2 aromatic heterocycles. The van der Waals surface area contributed by atoms with E-state index in [9.17, 15) is 0 Å². The van der Waals surface area contributed by atoms with Gasteiger partial charge in [0.2, 0.25) is 0 Å². The topological polar surface area (TPSA) is 51.0 Å². The first-order chi connectivity index (χ1) is 7.79. The number of nitrogens with zero attached hydrogens (tertiary/aromatic N) is 2. The van der Waals surface area contributed by atoms with Gasteiger partial charge in [0.1, 0.15) is 11.4 Å². The summed E-state index contributed by atoms with van der Waals surface area (Å²) in [4.78, 5) is 2.78. The standard InChI is InChI=1S/C11H15N3OS/c1-3-9-4-5-10(16-9)6-12-7-11-8(2)13-15-14-11/h4-5,12H,3,6-7H2,1-2H3. The predicted molar refractivity (Wildman–Crippen MR) is 63.3 cm³/mol. The lowest BCUT2D eigenvalue weighted by Crippen LogP contribution is -2.12. The monoisotopic (exact) mass is 237 g/mol. The lowest BCUT2D eigenvalue weighted by atomic mass is 10.3. The van der Waals surface area contributed by atoms with Crippen LogP contribution in [-0.4, -0.2) is 10.3 Å². The number of aryl methyl sites for hydroxylation is 2. The van der Waals surface area contributed by atoms with Gasteiger partial charge in [-0.3, -0.25) is 0 Å². The van der Waals surface area contributed by atoms with E-state index < -0.39 is 0 Å². The molecule has 0 radical (unpaired) electrons. The third kappa shape index (κ3) is 2.68. The van der Waals surface area contributed by atoms with Crippen LogP contribution >= 0.6 is 11.3 Å². The smallest absolute Gasteiger partial charge is 0.121 e. The number of thiophene rings is 1. The molecule has 0 bridgehead atoms. The van der Waals surface area contributed by atoms with Crippen LogP contribution in [-0.2, 0) is 19.5 Å². The van der Waals surface area contributed by atoms with Crippen LogP contribution < -0.4 is 5.32 Å². The summed E-state index contributed by atoms with van der Waals surface area (Å²) < 4.78 is 4.63. The van der Waals surface area contributed by atoms with E-state index in [2.05, 4.69) is 39.3 Å². The molecule has 0 aliphatic rings. The van der Waals surface area contributed by atoms with Crippen LogP contribution in [0.3, 0.4) is 0 Å². The molecule has 0 unspecified atom stereocenters. The highest BCUT2D eigenvalue weighted by molar-refractivity contribution is 7.11. The van der Waals surface area contributed by atoms with E-state index in [1.165, 1.54) is 9.75 Å². The van der Waals surface area contributed by atoms with Gasteiger partial charge in [-0.25, -0.2) is 4.63 Å². The first kappa shape index (κ1) is 11.3. The summed E-state index contributed by atoms with van der Waals surface area (Å²) in [5.41, 5.74) is 1.74. The molecule has 0 spiro atoms. The molecular weight excluding hydrogens is 222 g/mol. The highest BCUT2D eigenvalue weighted by Crippen LogP contribution is 2.16. The molecule has 0 aliphatic carbocycles. The van der Waals surface area contributed by atoms with Gasteiger partial charge in [0, 0.05) is 22.8 Å². The van der Waals surface area contributed by atoms with Gasteiger partial charge in [-0.2, -0.15) is 0 Å². The second-order valence-corrected chi connectivity index (χ2v) is 4.87. The summed E-state index contributed by atoms with van der Waals surface area (Å²) in [6.07, 6.45) is 1.11. The van der Waals surface area contributed by atoms with Gasteiger partial charge in [0.15, 0.2) is 0 Å². The van der Waals surface area contributed by atoms with Crippen LogP contribution in [0.1, 0.15) is 28.1 Å². The molecule has 16 heavy (non-hydrogen) atoms. The maximum atomic E-state index is 4.63. The Balaban J connectivity index is 1.82. The Kier molecular flexibility index (Phi) is 3.69. The van der Waals surface area contributed by atoms with E-state index in [1.54, 1.807) is 0 Å². The molecule has 2 rings (SSSR count). The Morgan fingerprint density at radius 3 is 2.69 bits per heavy atom. The fourth-order valence-corrected chi connectivity index (χ4v) is 2.35. The Bertz CT molecular complexity index is 450. The average Bonchev–Trinajstić information content (AvgIpc) is 2.89. The molecule has 0 amide bonds. The molecule has 2 heterocycles. The van der Waals surface area contributed by atoms with Crippen LogP contribution in [0.25, 0.3) is 0 Å². The third-order valence-electron chi connectivity index (χ3n) is 2.40. The number of hydrogen-bond acceptors (Lipinski definition) is 5. The predicted octanol–water partition coefficient (Wildman–Crippen LogP) is 2.29. The van der Waals surface area contributed by atoms with Gasteiger partial charge in [-0.05, 0) is 25.5 Å². The molecule has 0 aliphatic heterocycles. The molecule has 0 saturated heterocycles. The van der Waals surface area contributed by atoms with Gasteiger partial charge in [0.25, 0.3) is 0 Å². The molecule has 0 saturated carbocycles. The van der Waals surface area contributed by atoms with Crippen LogP contribution in [0, 0.1) is 6.92 Å². The Hall–Kier alpha value is -1.20. The van der Waals surface area contributed by atoms with Crippen LogP contribution in [0.5, 0.6) is 0 Å². The summed E-state index contributed by atoms with van der Waals surface area (Å²) >= 11 is 1.85. The number of hydrogen-bond donors (Lipinski definition) is 1. The summed E-state index contributed by atoms with van der Waals surface area (Å²) in [5, 5.41) is 10.9. The van der Waals surface area contributed by atoms with Crippen molar-refractivity contribution < 1.29 is 4.63 Å². The Morgan fingerprint density at radius 1 is 1.25 bits per heavy atom. The van der Waals surface area contributed by atoms with Gasteiger partial charge >= 0.3 is 0 Å². The molecule has 4 nitrogen and oxygen atoms in total. The van der Waals surface area contributed by atoms with E-state index in [0.29, 0.717) is 6.54 Å². The summed E-state index contributed by atoms with van der Waals surface area (Å²) in [7, 11) is 0. The molecule has 0 fully saturated rings. The van der Waals surface area contributed by atoms with Crippen molar-refractivity contribution in [3.8, 4) is 0 Å². The number of aromatic nitrogens is 2. The molecular formula is C11H15N3OS. The number of rotatable bonds is 5. The van der Waals surface area contributed by atoms with Crippen molar-refractivity contribution in [3.63, 3.8) is 0 Å². The van der Waals surface area contributed by atoms with E-state index in [4.69, 9.17) is 0 Å². The quantitative estimate of drug-likeness (QED) is 0.867. The van der Waals surface area contributed by atoms with Crippen molar-refractivity contribution in [2.45, 2.75) is 33.4 Å². The van der Waals surface area contributed by atoms with Gasteiger partial charge in [-0.15, -0.1) is 11.3 Å². The fourth-order valence-electron chi connectivity index (χ4n) is 1.42. The zero-order chi connectivity index (χ0) is 11.4. The first-order valence-corrected chi connectivity index (χ1v) is 6.17.